The number of nitrogens with one attached hydrogen (secondary N) is 1. The molecular weight excluding hydrogens is 246 g/mol. The maximum atomic E-state index is 12.0. The predicted octanol–water partition coefficient (Wildman–Crippen LogP) is 0.860. The second kappa shape index (κ2) is 6.29. The van der Waals surface area contributed by atoms with Crippen molar-refractivity contribution in [2.24, 2.45) is 0 Å². The number of carbonyl (C=O) groups is 2. The minimum Gasteiger partial charge on any atom is -0.391 e. The number of piperazine rings is 1. The second-order valence-corrected chi connectivity index (χ2v) is 4.31. The molecule has 102 valence electrons. The largest absolute Gasteiger partial charge is 0.416 e. The van der Waals surface area contributed by atoms with Gasteiger partial charge in [-0.15, -0.1) is 0 Å². The third-order valence-corrected chi connectivity index (χ3v) is 3.02. The molecule has 1 aliphatic heterocycles. The van der Waals surface area contributed by atoms with Crippen LogP contribution in [-0.2, 0) is 6.42 Å². The third kappa shape index (κ3) is 3.29. The number of hydrogen-bond acceptors (Lipinski definition) is 5. The Kier molecular flexibility index (Phi) is 4.46. The van der Waals surface area contributed by atoms with Crippen molar-refractivity contribution in [2.75, 3.05) is 26.2 Å². The Hall–Kier alpha value is -1.95. The zero-order valence-electron chi connectivity index (χ0n) is 10.9. The van der Waals surface area contributed by atoms with Crippen LogP contribution in [0, 0.1) is 0 Å². The van der Waals surface area contributed by atoms with Crippen LogP contribution in [0.1, 0.15) is 22.8 Å². The molecule has 0 aromatic carbocycles. The first-order valence-electron chi connectivity index (χ1n) is 6.36. The van der Waals surface area contributed by atoms with Crippen LogP contribution in [0.25, 0.3) is 0 Å². The monoisotopic (exact) mass is 263 g/mol. The molecule has 1 saturated heterocycles. The highest BCUT2D eigenvalue weighted by molar-refractivity contribution is 5.75. The van der Waals surface area contributed by atoms with Gasteiger partial charge in [0.2, 0.25) is 5.88 Å². The van der Waals surface area contributed by atoms with E-state index in [1.54, 1.807) is 11.0 Å². The topological polar surface area (TPSA) is 71.5 Å². The normalized spacial score (nSPS) is 15.1. The van der Waals surface area contributed by atoms with Crippen molar-refractivity contribution in [3.8, 4) is 5.88 Å². The molecule has 1 aliphatic rings. The summed E-state index contributed by atoms with van der Waals surface area (Å²) >= 11 is 0. The Bertz CT molecular complexity index is 470. The van der Waals surface area contributed by atoms with Crippen molar-refractivity contribution < 1.29 is 14.3 Å². The summed E-state index contributed by atoms with van der Waals surface area (Å²) in [6.45, 7) is 4.73. The molecule has 1 N–H and O–H groups in total. The van der Waals surface area contributed by atoms with E-state index in [1.807, 2.05) is 6.92 Å². The zero-order valence-corrected chi connectivity index (χ0v) is 10.9. The Morgan fingerprint density at radius 3 is 2.89 bits per heavy atom. The summed E-state index contributed by atoms with van der Waals surface area (Å²) in [5.41, 5.74) is 1.24. The predicted molar refractivity (Wildman–Crippen MR) is 69.5 cm³/mol. The molecule has 1 aromatic heterocycles. The number of pyridine rings is 1. The molecule has 2 heterocycles. The van der Waals surface area contributed by atoms with Crippen LogP contribution in [-0.4, -0.2) is 48.4 Å². The molecule has 0 spiro atoms. The van der Waals surface area contributed by atoms with E-state index < -0.39 is 0 Å². The van der Waals surface area contributed by atoms with E-state index in [9.17, 15) is 9.59 Å². The van der Waals surface area contributed by atoms with Gasteiger partial charge in [-0.1, -0.05) is 6.92 Å². The summed E-state index contributed by atoms with van der Waals surface area (Å²) in [5.74, 6) is 0.289. The number of aryl methyl sites for hydroxylation is 1. The van der Waals surface area contributed by atoms with Crippen molar-refractivity contribution in [2.45, 2.75) is 13.3 Å². The fourth-order valence-corrected chi connectivity index (χ4v) is 1.92. The Labute approximate surface area is 111 Å². The summed E-state index contributed by atoms with van der Waals surface area (Å²) in [6.07, 6.45) is 2.40. The number of aldehydes is 1. The summed E-state index contributed by atoms with van der Waals surface area (Å²) in [5, 5.41) is 3.17. The highest BCUT2D eigenvalue weighted by Gasteiger charge is 2.19. The molecule has 0 bridgehead atoms. The van der Waals surface area contributed by atoms with E-state index in [2.05, 4.69) is 10.3 Å². The molecule has 6 heteroatoms. The van der Waals surface area contributed by atoms with E-state index in [0.717, 1.165) is 24.9 Å². The van der Waals surface area contributed by atoms with Crippen LogP contribution < -0.4 is 10.1 Å². The van der Waals surface area contributed by atoms with Gasteiger partial charge < -0.3 is 15.0 Å². The minimum absolute atomic E-state index is 0.289. The first-order chi connectivity index (χ1) is 9.24. The summed E-state index contributed by atoms with van der Waals surface area (Å²) < 4.78 is 5.31. The summed E-state index contributed by atoms with van der Waals surface area (Å²) in [6, 6.07) is 1.69. The van der Waals surface area contributed by atoms with Crippen molar-refractivity contribution in [1.29, 1.82) is 0 Å². The van der Waals surface area contributed by atoms with Crippen LogP contribution >= 0.6 is 0 Å². The Balaban J connectivity index is 2.09. The lowest BCUT2D eigenvalue weighted by atomic mass is 10.1. The molecule has 6 nitrogen and oxygen atoms in total. The number of aromatic nitrogens is 1. The average Bonchev–Trinajstić information content (AvgIpc) is 2.48. The van der Waals surface area contributed by atoms with Crippen LogP contribution in [0.5, 0.6) is 5.88 Å². The SMILES string of the molecule is CCc1cc(C=O)cnc1OC(=O)N1CCNCC1. The summed E-state index contributed by atoms with van der Waals surface area (Å²) in [4.78, 5) is 28.3. The molecule has 19 heavy (non-hydrogen) atoms. The lowest BCUT2D eigenvalue weighted by molar-refractivity contribution is 0.112. The highest BCUT2D eigenvalue weighted by atomic mass is 16.6. The van der Waals surface area contributed by atoms with Gasteiger partial charge in [-0.3, -0.25) is 4.79 Å². The fourth-order valence-electron chi connectivity index (χ4n) is 1.92. The van der Waals surface area contributed by atoms with Crippen LogP contribution in [0.4, 0.5) is 4.79 Å². The van der Waals surface area contributed by atoms with Crippen LogP contribution in [0.2, 0.25) is 0 Å². The molecule has 0 aliphatic carbocycles. The molecule has 1 amide bonds. The van der Waals surface area contributed by atoms with Crippen molar-refractivity contribution >= 4 is 12.4 Å². The van der Waals surface area contributed by atoms with Gasteiger partial charge in [0.15, 0.2) is 6.29 Å². The molecular formula is C13H17N3O3. The Morgan fingerprint density at radius 1 is 1.53 bits per heavy atom. The van der Waals surface area contributed by atoms with E-state index in [0.29, 0.717) is 25.1 Å². The lowest BCUT2D eigenvalue weighted by Crippen LogP contribution is -2.47. The second-order valence-electron chi connectivity index (χ2n) is 4.31. The maximum Gasteiger partial charge on any atom is 0.416 e. The fraction of sp³-hybridized carbons (Fsp3) is 0.462. The van der Waals surface area contributed by atoms with Crippen LogP contribution in [0.15, 0.2) is 12.3 Å². The first kappa shape index (κ1) is 13.5. The maximum absolute atomic E-state index is 12.0. The molecule has 0 radical (unpaired) electrons. The molecule has 1 aromatic rings. The number of amides is 1. The Morgan fingerprint density at radius 2 is 2.26 bits per heavy atom. The standard InChI is InChI=1S/C13H17N3O3/c1-2-11-7-10(9-17)8-15-12(11)19-13(18)16-5-3-14-4-6-16/h7-9,14H,2-6H2,1H3. The summed E-state index contributed by atoms with van der Waals surface area (Å²) in [7, 11) is 0. The van der Waals surface area contributed by atoms with E-state index in [-0.39, 0.29) is 12.0 Å². The third-order valence-electron chi connectivity index (χ3n) is 3.02. The van der Waals surface area contributed by atoms with Gasteiger partial charge >= 0.3 is 6.09 Å². The average molecular weight is 263 g/mol. The molecule has 0 atom stereocenters. The number of nitrogens with zero attached hydrogens (tertiary/aromatic N) is 2. The number of carbonyl (C=O) groups excluding carboxylic acids is 2. The van der Waals surface area contributed by atoms with Crippen molar-refractivity contribution in [1.82, 2.24) is 15.2 Å². The quantitative estimate of drug-likeness (QED) is 0.819. The van der Waals surface area contributed by atoms with Gasteiger partial charge in [-0.05, 0) is 12.5 Å². The van der Waals surface area contributed by atoms with Gasteiger partial charge in [0.1, 0.15) is 0 Å². The first-order valence-corrected chi connectivity index (χ1v) is 6.36. The van der Waals surface area contributed by atoms with Crippen molar-refractivity contribution in [3.63, 3.8) is 0 Å². The van der Waals surface area contributed by atoms with Gasteiger partial charge in [0.25, 0.3) is 0 Å². The number of hydrogen-bond donors (Lipinski definition) is 1. The van der Waals surface area contributed by atoms with Gasteiger partial charge in [0.05, 0.1) is 0 Å². The number of rotatable bonds is 3. The zero-order chi connectivity index (χ0) is 13.7. The highest BCUT2D eigenvalue weighted by Crippen LogP contribution is 2.17. The lowest BCUT2D eigenvalue weighted by Gasteiger charge is -2.26. The minimum atomic E-state index is -0.387. The van der Waals surface area contributed by atoms with Gasteiger partial charge in [-0.2, -0.15) is 0 Å². The van der Waals surface area contributed by atoms with Gasteiger partial charge in [-0.25, -0.2) is 9.78 Å². The van der Waals surface area contributed by atoms with E-state index >= 15 is 0 Å². The van der Waals surface area contributed by atoms with Gasteiger partial charge in [0, 0.05) is 43.5 Å². The molecule has 0 saturated carbocycles. The molecule has 0 unspecified atom stereocenters. The molecule has 2 rings (SSSR count). The van der Waals surface area contributed by atoms with Crippen LogP contribution in [0.3, 0.4) is 0 Å². The van der Waals surface area contributed by atoms with E-state index in [4.69, 9.17) is 4.74 Å². The molecule has 1 fully saturated rings. The van der Waals surface area contributed by atoms with E-state index in [1.165, 1.54) is 6.20 Å². The van der Waals surface area contributed by atoms with Crippen molar-refractivity contribution in [3.05, 3.63) is 23.4 Å². The number of ether oxygens (including phenoxy) is 1. The smallest absolute Gasteiger partial charge is 0.391 e.